The molecule has 0 saturated heterocycles. The van der Waals surface area contributed by atoms with Gasteiger partial charge < -0.3 is 9.84 Å². The summed E-state index contributed by atoms with van der Waals surface area (Å²) in [7, 11) is 0. The summed E-state index contributed by atoms with van der Waals surface area (Å²) >= 11 is 0. The molecule has 0 fully saturated rings. The average Bonchev–Trinajstić information content (AvgIpc) is 2.80. The number of rotatable bonds is 10. The van der Waals surface area contributed by atoms with E-state index in [2.05, 4.69) is 20.8 Å². The maximum Gasteiger partial charge on any atom is 0.143 e. The minimum absolute atomic E-state index is 0.0555. The summed E-state index contributed by atoms with van der Waals surface area (Å²) < 4.78 is 6.59. The molecule has 168 valence electrons. The Bertz CT molecular complexity index is 863. The minimum Gasteiger partial charge on any atom is -0.390 e. The Morgan fingerprint density at radius 3 is 1.56 bits per heavy atom. The summed E-state index contributed by atoms with van der Waals surface area (Å²) in [5, 5.41) is 10.7. The van der Waals surface area contributed by atoms with Crippen molar-refractivity contribution in [1.29, 1.82) is 0 Å². The van der Waals surface area contributed by atoms with Gasteiger partial charge in [0.1, 0.15) is 11.4 Å². The summed E-state index contributed by atoms with van der Waals surface area (Å²) in [6.07, 6.45) is 0.520. The van der Waals surface area contributed by atoms with Crippen molar-refractivity contribution in [3.63, 3.8) is 0 Å². The fraction of sp³-hybridized carbons (Fsp3) is 0.345. The molecule has 0 amide bonds. The van der Waals surface area contributed by atoms with Crippen molar-refractivity contribution in [2.45, 2.75) is 51.7 Å². The van der Waals surface area contributed by atoms with Gasteiger partial charge in [0, 0.05) is 12.8 Å². The van der Waals surface area contributed by atoms with E-state index in [1.165, 1.54) is 0 Å². The van der Waals surface area contributed by atoms with Crippen LogP contribution in [0.2, 0.25) is 0 Å². The molecule has 0 aromatic heterocycles. The normalized spacial score (nSPS) is 13.0. The predicted molar refractivity (Wildman–Crippen MR) is 129 cm³/mol. The highest BCUT2D eigenvalue weighted by molar-refractivity contribution is 5.78. The second-order valence-electron chi connectivity index (χ2n) is 9.55. The van der Waals surface area contributed by atoms with Gasteiger partial charge >= 0.3 is 0 Å². The van der Waals surface area contributed by atoms with Crippen LogP contribution in [0.25, 0.3) is 0 Å². The Morgan fingerprint density at radius 1 is 0.781 bits per heavy atom. The standard InChI is InChI=1S/C29H34O3/c1-28(2,3)20-19-26(30)21-27(31)22-32-29(23-13-7-4-8-14-23,24-15-9-5-10-16-24)25-17-11-6-12-18-25/h4-18,27,31H,19-22H2,1-3H3/t27-/m0/s1. The molecule has 0 radical (unpaired) electrons. The Hall–Kier alpha value is -2.75. The number of hydrogen-bond acceptors (Lipinski definition) is 3. The van der Waals surface area contributed by atoms with Crippen LogP contribution in [-0.2, 0) is 15.1 Å². The summed E-state index contributed by atoms with van der Waals surface area (Å²) in [6.45, 7) is 6.41. The third-order valence-corrected chi connectivity index (χ3v) is 5.65. The lowest BCUT2D eigenvalue weighted by atomic mass is 9.80. The van der Waals surface area contributed by atoms with Crippen molar-refractivity contribution >= 4 is 5.78 Å². The number of ketones is 1. The van der Waals surface area contributed by atoms with Crippen LogP contribution >= 0.6 is 0 Å². The molecule has 3 aromatic rings. The molecular weight excluding hydrogens is 396 g/mol. The molecule has 0 aliphatic heterocycles. The Balaban J connectivity index is 1.89. The van der Waals surface area contributed by atoms with Gasteiger partial charge in [-0.2, -0.15) is 0 Å². The second-order valence-corrected chi connectivity index (χ2v) is 9.55. The molecule has 0 bridgehead atoms. The predicted octanol–water partition coefficient (Wildman–Crippen LogP) is 6.14. The molecule has 0 aliphatic rings. The van der Waals surface area contributed by atoms with Gasteiger partial charge in [-0.25, -0.2) is 0 Å². The zero-order valence-electron chi connectivity index (χ0n) is 19.3. The van der Waals surface area contributed by atoms with Crippen molar-refractivity contribution < 1.29 is 14.6 Å². The van der Waals surface area contributed by atoms with Gasteiger partial charge in [0.25, 0.3) is 0 Å². The molecule has 1 N–H and O–H groups in total. The number of hydrogen-bond donors (Lipinski definition) is 1. The maximum absolute atomic E-state index is 12.4. The fourth-order valence-corrected chi connectivity index (χ4v) is 3.93. The number of aliphatic hydroxyl groups is 1. The van der Waals surface area contributed by atoms with Gasteiger partial charge in [-0.05, 0) is 28.5 Å². The number of carbonyl (C=O) groups excluding carboxylic acids is 1. The molecule has 3 heteroatoms. The third-order valence-electron chi connectivity index (χ3n) is 5.65. The van der Waals surface area contributed by atoms with Crippen LogP contribution in [0.15, 0.2) is 91.0 Å². The van der Waals surface area contributed by atoms with E-state index < -0.39 is 11.7 Å². The molecule has 0 heterocycles. The summed E-state index contributed by atoms with van der Waals surface area (Å²) in [5.41, 5.74) is 2.13. The van der Waals surface area contributed by atoms with Gasteiger partial charge in [0.2, 0.25) is 0 Å². The number of ether oxygens (including phenoxy) is 1. The van der Waals surface area contributed by atoms with E-state index >= 15 is 0 Å². The summed E-state index contributed by atoms with van der Waals surface area (Å²) in [4.78, 5) is 12.4. The van der Waals surface area contributed by atoms with E-state index in [-0.39, 0.29) is 24.2 Å². The first-order valence-electron chi connectivity index (χ1n) is 11.3. The lowest BCUT2D eigenvalue weighted by Gasteiger charge is -2.36. The van der Waals surface area contributed by atoms with Crippen molar-refractivity contribution in [3.8, 4) is 0 Å². The molecule has 0 saturated carbocycles. The van der Waals surface area contributed by atoms with Crippen molar-refractivity contribution in [1.82, 2.24) is 0 Å². The molecule has 3 aromatic carbocycles. The molecule has 32 heavy (non-hydrogen) atoms. The minimum atomic E-state index is -0.890. The lowest BCUT2D eigenvalue weighted by Crippen LogP contribution is -2.36. The van der Waals surface area contributed by atoms with Crippen molar-refractivity contribution in [2.75, 3.05) is 6.61 Å². The van der Waals surface area contributed by atoms with Crippen LogP contribution in [0.5, 0.6) is 0 Å². The maximum atomic E-state index is 12.4. The first-order chi connectivity index (χ1) is 15.3. The van der Waals surface area contributed by atoms with E-state index in [0.717, 1.165) is 23.1 Å². The van der Waals surface area contributed by atoms with Crippen molar-refractivity contribution in [2.24, 2.45) is 5.41 Å². The molecule has 0 unspecified atom stereocenters. The quantitative estimate of drug-likeness (QED) is 0.393. The van der Waals surface area contributed by atoms with E-state index in [4.69, 9.17) is 4.74 Å². The smallest absolute Gasteiger partial charge is 0.143 e. The summed E-state index contributed by atoms with van der Waals surface area (Å²) in [5.74, 6) is 0.0701. The first kappa shape index (κ1) is 23.9. The number of aliphatic hydroxyl groups excluding tert-OH is 1. The topological polar surface area (TPSA) is 46.5 Å². The van der Waals surface area contributed by atoms with Crippen LogP contribution in [0, 0.1) is 5.41 Å². The number of carbonyl (C=O) groups is 1. The van der Waals surface area contributed by atoms with Crippen LogP contribution in [-0.4, -0.2) is 23.6 Å². The van der Waals surface area contributed by atoms with Crippen LogP contribution in [0.4, 0.5) is 0 Å². The Labute approximate surface area is 192 Å². The molecule has 3 nitrogen and oxygen atoms in total. The van der Waals surface area contributed by atoms with Gasteiger partial charge in [0.15, 0.2) is 0 Å². The van der Waals surface area contributed by atoms with E-state index in [1.54, 1.807) is 0 Å². The Morgan fingerprint density at radius 2 is 1.19 bits per heavy atom. The SMILES string of the molecule is CC(C)(C)CCC(=O)C[C@H](O)COC(c1ccccc1)(c1ccccc1)c1ccccc1. The van der Waals surface area contributed by atoms with Crippen LogP contribution in [0.1, 0.15) is 56.7 Å². The third kappa shape index (κ3) is 6.15. The zero-order valence-corrected chi connectivity index (χ0v) is 19.3. The number of Topliss-reactive ketones (excluding diaryl/α,β-unsaturated/α-hetero) is 1. The van der Waals surface area contributed by atoms with E-state index in [1.807, 2.05) is 91.0 Å². The number of benzene rings is 3. The first-order valence-corrected chi connectivity index (χ1v) is 11.3. The van der Waals surface area contributed by atoms with E-state index in [9.17, 15) is 9.90 Å². The average molecular weight is 431 g/mol. The van der Waals surface area contributed by atoms with Crippen LogP contribution in [0.3, 0.4) is 0 Å². The highest BCUT2D eigenvalue weighted by atomic mass is 16.5. The highest BCUT2D eigenvalue weighted by Crippen LogP contribution is 2.40. The molecular formula is C29H34O3. The highest BCUT2D eigenvalue weighted by Gasteiger charge is 2.38. The van der Waals surface area contributed by atoms with Crippen molar-refractivity contribution in [3.05, 3.63) is 108 Å². The molecule has 0 aliphatic carbocycles. The van der Waals surface area contributed by atoms with Crippen LogP contribution < -0.4 is 0 Å². The van der Waals surface area contributed by atoms with Gasteiger partial charge in [-0.15, -0.1) is 0 Å². The van der Waals surface area contributed by atoms with Gasteiger partial charge in [0.05, 0.1) is 12.7 Å². The van der Waals surface area contributed by atoms with Gasteiger partial charge in [-0.3, -0.25) is 4.79 Å². The lowest BCUT2D eigenvalue weighted by molar-refractivity contribution is -0.123. The van der Waals surface area contributed by atoms with Gasteiger partial charge in [-0.1, -0.05) is 112 Å². The monoisotopic (exact) mass is 430 g/mol. The molecule has 1 atom stereocenters. The Kier molecular flexibility index (Phi) is 8.00. The molecule has 3 rings (SSSR count). The fourth-order valence-electron chi connectivity index (χ4n) is 3.93. The second kappa shape index (κ2) is 10.7. The zero-order chi connectivity index (χ0) is 23.0. The summed E-state index contributed by atoms with van der Waals surface area (Å²) in [6, 6.07) is 30.1. The largest absolute Gasteiger partial charge is 0.390 e. The van der Waals surface area contributed by atoms with E-state index in [0.29, 0.717) is 6.42 Å². The molecule has 0 spiro atoms.